The van der Waals surface area contributed by atoms with E-state index < -0.39 is 72.2 Å². The van der Waals surface area contributed by atoms with Crippen molar-refractivity contribution in [2.75, 3.05) is 26.0 Å². The largest absolute Gasteiger partial charge is 0.481 e. The Morgan fingerprint density at radius 2 is 1.43 bits per heavy atom. The van der Waals surface area contributed by atoms with E-state index in [-0.39, 0.29) is 32.2 Å². The standard InChI is InChI=1S/C41H51N9O8/c1-25-13-7-9-17-29(25)48-41(58)44-20-12-11-19-31(46-38(55)32(49-40(57)43-2)22-27-24-45-30-18-10-8-16-28(27)30)37(54)47-33(23-35(51)52)39(56)50(3)34(36(42)53)21-26-14-5-4-6-15-26/h4-10,13-18,24,31-34,45H,11-12,19-23H2,1-3H3,(H2,42,53)(H,46,55)(H,47,54)(H,51,52)(H2,43,49,57)(H2,44,48,58)/t31-,32-,33-,34-/m0/s1. The molecule has 4 rings (SSSR count). The number of primary amides is 1. The van der Waals surface area contributed by atoms with Crippen molar-refractivity contribution < 1.29 is 38.7 Å². The number of benzene rings is 3. The van der Waals surface area contributed by atoms with Gasteiger partial charge in [-0.15, -0.1) is 0 Å². The number of anilines is 1. The predicted molar refractivity (Wildman–Crippen MR) is 217 cm³/mol. The number of nitrogens with one attached hydrogen (secondary N) is 7. The fourth-order valence-electron chi connectivity index (χ4n) is 6.37. The molecule has 1 aromatic heterocycles. The quantitative estimate of drug-likeness (QED) is 0.0599. The van der Waals surface area contributed by atoms with Crippen LogP contribution in [0.5, 0.6) is 0 Å². The van der Waals surface area contributed by atoms with Crippen LogP contribution in [0.25, 0.3) is 10.9 Å². The van der Waals surface area contributed by atoms with E-state index in [4.69, 9.17) is 5.73 Å². The molecular weight excluding hydrogens is 747 g/mol. The zero-order valence-corrected chi connectivity index (χ0v) is 32.7. The van der Waals surface area contributed by atoms with Gasteiger partial charge in [0.1, 0.15) is 24.2 Å². The number of fused-ring (bicyclic) bond motifs is 1. The summed E-state index contributed by atoms with van der Waals surface area (Å²) >= 11 is 0. The first kappa shape index (κ1) is 43.8. The van der Waals surface area contributed by atoms with Crippen LogP contribution in [-0.2, 0) is 36.8 Å². The Balaban J connectivity index is 1.53. The maximum Gasteiger partial charge on any atom is 0.319 e. The Kier molecular flexibility index (Phi) is 16.2. The normalized spacial score (nSPS) is 12.9. The van der Waals surface area contributed by atoms with E-state index in [0.717, 1.165) is 26.9 Å². The lowest BCUT2D eigenvalue weighted by atomic mass is 10.0. The zero-order chi connectivity index (χ0) is 42.2. The number of likely N-dealkylation sites (N-methyl/N-ethyl adjacent to an activating group) is 1. The summed E-state index contributed by atoms with van der Waals surface area (Å²) in [5.41, 5.74) is 9.43. The van der Waals surface area contributed by atoms with Crippen LogP contribution in [0.4, 0.5) is 15.3 Å². The number of amides is 8. The molecule has 3 aromatic carbocycles. The summed E-state index contributed by atoms with van der Waals surface area (Å²) in [7, 11) is 2.68. The topological polar surface area (TPSA) is 257 Å². The first-order valence-electron chi connectivity index (χ1n) is 18.8. The van der Waals surface area contributed by atoms with Crippen molar-refractivity contribution in [1.29, 1.82) is 0 Å². The molecule has 10 N–H and O–H groups in total. The number of rotatable bonds is 20. The van der Waals surface area contributed by atoms with E-state index in [1.165, 1.54) is 14.1 Å². The van der Waals surface area contributed by atoms with Crippen LogP contribution in [0.15, 0.2) is 85.1 Å². The number of nitrogens with two attached hydrogens (primary N) is 1. The molecule has 0 fully saturated rings. The molecule has 0 aliphatic heterocycles. The number of para-hydroxylation sites is 2. The number of hydrogen-bond acceptors (Lipinski definition) is 7. The van der Waals surface area contributed by atoms with Gasteiger partial charge in [-0.1, -0.05) is 66.7 Å². The second-order valence-corrected chi connectivity index (χ2v) is 13.8. The van der Waals surface area contributed by atoms with E-state index in [1.807, 2.05) is 43.3 Å². The van der Waals surface area contributed by atoms with Crippen LogP contribution in [0, 0.1) is 6.92 Å². The van der Waals surface area contributed by atoms with Crippen LogP contribution in [0.2, 0.25) is 0 Å². The van der Waals surface area contributed by atoms with Gasteiger partial charge >= 0.3 is 18.0 Å². The summed E-state index contributed by atoms with van der Waals surface area (Å²) in [6.45, 7) is 2.07. The van der Waals surface area contributed by atoms with E-state index in [0.29, 0.717) is 17.7 Å². The second kappa shape index (κ2) is 21.4. The zero-order valence-electron chi connectivity index (χ0n) is 32.7. The van der Waals surface area contributed by atoms with E-state index >= 15 is 0 Å². The Labute approximate surface area is 335 Å². The predicted octanol–water partition coefficient (Wildman–Crippen LogP) is 2.31. The molecule has 0 unspecified atom stereocenters. The number of aryl methyl sites for hydroxylation is 1. The van der Waals surface area contributed by atoms with Crippen LogP contribution in [-0.4, -0.2) is 101 Å². The minimum atomic E-state index is -1.65. The molecule has 0 saturated carbocycles. The number of nitrogens with zero attached hydrogens (tertiary/aromatic N) is 1. The lowest BCUT2D eigenvalue weighted by molar-refractivity contribution is -0.146. The Morgan fingerprint density at radius 1 is 0.776 bits per heavy atom. The third-order valence-corrected chi connectivity index (χ3v) is 9.59. The molecule has 4 aromatic rings. The molecular formula is C41H51N9O8. The van der Waals surface area contributed by atoms with Gasteiger partial charge in [0.15, 0.2) is 0 Å². The van der Waals surface area contributed by atoms with Crippen molar-refractivity contribution in [3.05, 3.63) is 102 Å². The smallest absolute Gasteiger partial charge is 0.319 e. The lowest BCUT2D eigenvalue weighted by Gasteiger charge is -2.30. The average molecular weight is 798 g/mol. The minimum absolute atomic E-state index is 0.000183. The highest BCUT2D eigenvalue weighted by atomic mass is 16.4. The number of unbranched alkanes of at least 4 members (excludes halogenated alkanes) is 1. The third-order valence-electron chi connectivity index (χ3n) is 9.59. The van der Waals surface area contributed by atoms with Gasteiger partial charge in [0, 0.05) is 56.3 Å². The lowest BCUT2D eigenvalue weighted by Crippen LogP contribution is -2.59. The number of carboxylic acids is 1. The maximum atomic E-state index is 14.0. The van der Waals surface area contributed by atoms with Crippen molar-refractivity contribution in [3.8, 4) is 0 Å². The van der Waals surface area contributed by atoms with E-state index in [9.17, 15) is 38.7 Å². The van der Waals surface area contributed by atoms with Gasteiger partial charge in [-0.2, -0.15) is 0 Å². The maximum absolute atomic E-state index is 14.0. The third kappa shape index (κ3) is 12.8. The summed E-state index contributed by atoms with van der Waals surface area (Å²) in [5, 5.41) is 26.3. The van der Waals surface area contributed by atoms with Crippen LogP contribution < -0.4 is 37.6 Å². The molecule has 58 heavy (non-hydrogen) atoms. The molecule has 4 atom stereocenters. The minimum Gasteiger partial charge on any atom is -0.481 e. The van der Waals surface area contributed by atoms with Gasteiger partial charge in [-0.3, -0.25) is 24.0 Å². The molecule has 17 heteroatoms. The SMILES string of the molecule is CNC(=O)N[C@@H](Cc1c[nH]c2ccccc12)C(=O)N[C@@H](CCCCNC(=O)Nc1ccccc1C)C(=O)N[C@@H](CC(=O)O)C(=O)N(C)[C@@H](Cc1ccccc1)C(N)=O. The first-order valence-corrected chi connectivity index (χ1v) is 18.8. The molecule has 17 nitrogen and oxygen atoms in total. The summed E-state index contributed by atoms with van der Waals surface area (Å²) < 4.78 is 0. The number of carboxylic acid groups (broad SMARTS) is 1. The van der Waals surface area contributed by atoms with Gasteiger partial charge in [0.05, 0.1) is 6.42 Å². The Morgan fingerprint density at radius 3 is 2.12 bits per heavy atom. The molecule has 0 bridgehead atoms. The molecule has 0 aliphatic carbocycles. The summed E-state index contributed by atoms with van der Waals surface area (Å²) in [4.78, 5) is 95.5. The molecule has 0 saturated heterocycles. The number of aromatic amines is 1. The number of aliphatic carboxylic acids is 1. The summed E-state index contributed by atoms with van der Waals surface area (Å²) in [6.07, 6.45) is 1.62. The van der Waals surface area contributed by atoms with Crippen molar-refractivity contribution in [2.45, 2.75) is 69.6 Å². The van der Waals surface area contributed by atoms with Crippen molar-refractivity contribution >= 4 is 58.3 Å². The second-order valence-electron chi connectivity index (χ2n) is 13.8. The highest BCUT2D eigenvalue weighted by Crippen LogP contribution is 2.20. The van der Waals surface area contributed by atoms with Crippen LogP contribution in [0.3, 0.4) is 0 Å². The van der Waals surface area contributed by atoms with E-state index in [1.54, 1.807) is 48.7 Å². The monoisotopic (exact) mass is 797 g/mol. The van der Waals surface area contributed by atoms with Crippen molar-refractivity contribution in [1.82, 2.24) is 36.5 Å². The highest BCUT2D eigenvalue weighted by Gasteiger charge is 2.35. The number of carbonyl (C=O) groups is 7. The van der Waals surface area contributed by atoms with Crippen molar-refractivity contribution in [2.24, 2.45) is 5.73 Å². The van der Waals surface area contributed by atoms with Crippen LogP contribution >= 0.6 is 0 Å². The van der Waals surface area contributed by atoms with Crippen molar-refractivity contribution in [3.63, 3.8) is 0 Å². The van der Waals surface area contributed by atoms with E-state index in [2.05, 4.69) is 36.9 Å². The fourth-order valence-corrected chi connectivity index (χ4v) is 6.37. The molecule has 8 amide bonds. The molecule has 0 radical (unpaired) electrons. The van der Waals surface area contributed by atoms with Gasteiger partial charge < -0.3 is 52.6 Å². The van der Waals surface area contributed by atoms with Gasteiger partial charge in [0.2, 0.25) is 23.6 Å². The highest BCUT2D eigenvalue weighted by molar-refractivity contribution is 5.97. The molecule has 308 valence electrons. The first-order chi connectivity index (χ1) is 27.8. The number of H-pyrrole nitrogens is 1. The average Bonchev–Trinajstić information content (AvgIpc) is 3.61. The Hall–Kier alpha value is -6.91. The molecule has 0 spiro atoms. The van der Waals surface area contributed by atoms with Crippen LogP contribution in [0.1, 0.15) is 42.4 Å². The number of carbonyl (C=O) groups excluding carboxylic acids is 6. The number of hydrogen-bond donors (Lipinski definition) is 9. The number of urea groups is 2. The van der Waals surface area contributed by atoms with Gasteiger partial charge in [0.25, 0.3) is 0 Å². The van der Waals surface area contributed by atoms with Gasteiger partial charge in [-0.05, 0) is 55.0 Å². The number of aromatic nitrogens is 1. The Bertz CT molecular complexity index is 2070. The molecule has 0 aliphatic rings. The summed E-state index contributed by atoms with van der Waals surface area (Å²) in [6, 6.07) is 17.1. The summed E-state index contributed by atoms with van der Waals surface area (Å²) in [5.74, 6) is -4.73. The fraction of sp³-hybridized carbons (Fsp3) is 0.341. The molecule has 1 heterocycles. The van der Waals surface area contributed by atoms with Gasteiger partial charge in [-0.25, -0.2) is 9.59 Å².